The monoisotopic (exact) mass is 316 g/mol. The first-order valence-electron chi connectivity index (χ1n) is 6.77. The highest BCUT2D eigenvalue weighted by atomic mass is 16.6. The van der Waals surface area contributed by atoms with Crippen LogP contribution in [-0.2, 0) is 6.42 Å². The van der Waals surface area contributed by atoms with Crippen molar-refractivity contribution in [2.75, 3.05) is 7.11 Å². The van der Waals surface area contributed by atoms with Gasteiger partial charge in [0.25, 0.3) is 0 Å². The Kier molecular flexibility index (Phi) is 4.80. The van der Waals surface area contributed by atoms with Crippen LogP contribution in [0.5, 0.6) is 11.5 Å². The fourth-order valence-corrected chi connectivity index (χ4v) is 2.14. The summed E-state index contributed by atoms with van der Waals surface area (Å²) in [4.78, 5) is 10.5. The molecule has 23 heavy (non-hydrogen) atoms. The third kappa shape index (κ3) is 3.39. The number of rotatable bonds is 6. The van der Waals surface area contributed by atoms with Crippen LogP contribution in [-0.4, -0.2) is 22.3 Å². The minimum absolute atomic E-state index is 0.0473. The van der Waals surface area contributed by atoms with Gasteiger partial charge in [-0.1, -0.05) is 17.3 Å². The number of benzene rings is 1. The lowest BCUT2D eigenvalue weighted by Gasteiger charge is -2.09. The molecule has 2 rings (SSSR count). The van der Waals surface area contributed by atoms with E-state index in [0.717, 1.165) is 0 Å². The normalized spacial score (nSPS) is 10.9. The molecule has 0 saturated heterocycles. The molecule has 0 aliphatic rings. The summed E-state index contributed by atoms with van der Waals surface area (Å²) in [7, 11) is 1.45. The molecule has 7 nitrogen and oxygen atoms in total. The lowest BCUT2D eigenvalue weighted by atomic mass is 10.0. The predicted octanol–water partition coefficient (Wildman–Crippen LogP) is 3.50. The van der Waals surface area contributed by atoms with Crippen LogP contribution < -0.4 is 4.74 Å². The Hall–Kier alpha value is -3.09. The molecule has 2 aromatic rings. The molecule has 0 amide bonds. The van der Waals surface area contributed by atoms with E-state index < -0.39 is 4.92 Å². The molecule has 1 aromatic heterocycles. The van der Waals surface area contributed by atoms with Gasteiger partial charge in [-0.05, 0) is 37.1 Å². The molecule has 0 saturated carbocycles. The number of methoxy groups -OCH3 is 1. The van der Waals surface area contributed by atoms with Crippen LogP contribution in [0.25, 0.3) is 12.2 Å². The van der Waals surface area contributed by atoms with Crippen LogP contribution >= 0.6 is 0 Å². The van der Waals surface area contributed by atoms with Gasteiger partial charge in [-0.3, -0.25) is 10.1 Å². The second-order valence-corrected chi connectivity index (χ2v) is 4.79. The number of aromatic nitrogens is 1. The smallest absolute Gasteiger partial charge is 0.338 e. The Balaban J connectivity index is 2.42. The summed E-state index contributed by atoms with van der Waals surface area (Å²) in [5, 5.41) is 24.6. The zero-order valence-corrected chi connectivity index (χ0v) is 12.8. The lowest BCUT2D eigenvalue weighted by Crippen LogP contribution is -1.91. The zero-order chi connectivity index (χ0) is 17.0. The molecule has 1 N–H and O–H groups in total. The van der Waals surface area contributed by atoms with E-state index >= 15 is 0 Å². The molecule has 1 aromatic carbocycles. The molecule has 7 heteroatoms. The van der Waals surface area contributed by atoms with Crippen molar-refractivity contribution in [3.05, 3.63) is 57.5 Å². The number of nitro groups is 1. The van der Waals surface area contributed by atoms with Crippen molar-refractivity contribution in [1.82, 2.24) is 5.16 Å². The van der Waals surface area contributed by atoms with Crippen molar-refractivity contribution in [2.45, 2.75) is 13.3 Å². The number of nitrogens with zero attached hydrogens (tertiary/aromatic N) is 2. The highest BCUT2D eigenvalue weighted by Crippen LogP contribution is 2.33. The molecule has 0 bridgehead atoms. The standard InChI is InChI=1S/C16H16N2O5/c1-4-5-12-8-11(9-14(22-3)16(12)19)6-7-13-15(18(20)21)10(2)17-23-13/h4,6-9,19H,1,5H2,2-3H3. The Morgan fingerprint density at radius 1 is 1.48 bits per heavy atom. The summed E-state index contributed by atoms with van der Waals surface area (Å²) in [5.74, 6) is 0.420. The van der Waals surface area contributed by atoms with E-state index in [2.05, 4.69) is 11.7 Å². The molecule has 0 atom stereocenters. The first kappa shape index (κ1) is 16.3. The molecule has 0 aliphatic heterocycles. The molecule has 0 aliphatic carbocycles. The van der Waals surface area contributed by atoms with Gasteiger partial charge in [0.1, 0.15) is 0 Å². The number of phenols is 1. The molecule has 120 valence electrons. The fourth-order valence-electron chi connectivity index (χ4n) is 2.14. The number of ether oxygens (including phenoxy) is 1. The van der Waals surface area contributed by atoms with E-state index in [9.17, 15) is 15.2 Å². The van der Waals surface area contributed by atoms with E-state index in [1.54, 1.807) is 24.3 Å². The number of phenolic OH excluding ortho intramolecular Hbond substituents is 1. The third-order valence-corrected chi connectivity index (χ3v) is 3.23. The molecule has 1 heterocycles. The van der Waals surface area contributed by atoms with Gasteiger partial charge in [0.05, 0.1) is 12.0 Å². The Bertz CT molecular complexity index is 777. The fraction of sp³-hybridized carbons (Fsp3) is 0.188. The molecule has 0 unspecified atom stereocenters. The van der Waals surface area contributed by atoms with Crippen LogP contribution in [0.1, 0.15) is 22.6 Å². The average molecular weight is 316 g/mol. The van der Waals surface area contributed by atoms with Crippen molar-refractivity contribution < 1.29 is 19.3 Å². The maximum absolute atomic E-state index is 11.0. The topological polar surface area (TPSA) is 98.6 Å². The molecular formula is C16H16N2O5. The second kappa shape index (κ2) is 6.78. The largest absolute Gasteiger partial charge is 0.504 e. The van der Waals surface area contributed by atoms with E-state index in [-0.39, 0.29) is 22.9 Å². The Labute approximate surface area is 132 Å². The first-order valence-corrected chi connectivity index (χ1v) is 6.77. The lowest BCUT2D eigenvalue weighted by molar-refractivity contribution is -0.386. The minimum Gasteiger partial charge on any atom is -0.504 e. The third-order valence-electron chi connectivity index (χ3n) is 3.23. The van der Waals surface area contributed by atoms with Gasteiger partial charge >= 0.3 is 5.69 Å². The number of aromatic hydroxyl groups is 1. The number of allylic oxidation sites excluding steroid dienone is 1. The van der Waals surface area contributed by atoms with Crippen molar-refractivity contribution >= 4 is 17.8 Å². The number of hydrogen-bond donors (Lipinski definition) is 1. The van der Waals surface area contributed by atoms with Gasteiger partial charge in [0.2, 0.25) is 5.76 Å². The number of hydrogen-bond acceptors (Lipinski definition) is 6. The van der Waals surface area contributed by atoms with Gasteiger partial charge < -0.3 is 14.4 Å². The summed E-state index contributed by atoms with van der Waals surface area (Å²) in [6.45, 7) is 5.15. The van der Waals surface area contributed by atoms with Gasteiger partial charge in [0, 0.05) is 5.56 Å². The van der Waals surface area contributed by atoms with Gasteiger partial charge in [-0.15, -0.1) is 6.58 Å². The van der Waals surface area contributed by atoms with Crippen molar-refractivity contribution in [3.8, 4) is 11.5 Å². The quantitative estimate of drug-likeness (QED) is 0.497. The maximum atomic E-state index is 11.0. The average Bonchev–Trinajstić information content (AvgIpc) is 2.89. The van der Waals surface area contributed by atoms with Crippen LogP contribution in [0.15, 0.2) is 29.3 Å². The second-order valence-electron chi connectivity index (χ2n) is 4.79. The van der Waals surface area contributed by atoms with Crippen molar-refractivity contribution in [3.63, 3.8) is 0 Å². The van der Waals surface area contributed by atoms with Crippen LogP contribution in [0.2, 0.25) is 0 Å². The summed E-state index contributed by atoms with van der Waals surface area (Å²) in [5.41, 5.74) is 1.38. The highest BCUT2D eigenvalue weighted by Gasteiger charge is 2.22. The Morgan fingerprint density at radius 3 is 2.83 bits per heavy atom. The SMILES string of the molecule is C=CCc1cc(C=Cc2onc(C)c2[N+](=O)[O-])cc(OC)c1O. The van der Waals surface area contributed by atoms with Crippen molar-refractivity contribution in [2.24, 2.45) is 0 Å². The summed E-state index contributed by atoms with van der Waals surface area (Å²) >= 11 is 0. The molecule has 0 radical (unpaired) electrons. The zero-order valence-electron chi connectivity index (χ0n) is 12.8. The predicted molar refractivity (Wildman–Crippen MR) is 85.4 cm³/mol. The Morgan fingerprint density at radius 2 is 2.22 bits per heavy atom. The molecular weight excluding hydrogens is 300 g/mol. The van der Waals surface area contributed by atoms with Crippen LogP contribution in [0, 0.1) is 17.0 Å². The van der Waals surface area contributed by atoms with Crippen LogP contribution in [0.3, 0.4) is 0 Å². The first-order chi connectivity index (χ1) is 11.0. The van der Waals surface area contributed by atoms with Gasteiger partial charge in [-0.25, -0.2) is 0 Å². The van der Waals surface area contributed by atoms with Gasteiger partial charge in [-0.2, -0.15) is 0 Å². The van der Waals surface area contributed by atoms with E-state index in [1.807, 2.05) is 0 Å². The maximum Gasteiger partial charge on any atom is 0.338 e. The van der Waals surface area contributed by atoms with E-state index in [1.165, 1.54) is 20.1 Å². The minimum atomic E-state index is -0.536. The van der Waals surface area contributed by atoms with Crippen LogP contribution in [0.4, 0.5) is 5.69 Å². The molecule has 0 fully saturated rings. The van der Waals surface area contributed by atoms with Crippen molar-refractivity contribution in [1.29, 1.82) is 0 Å². The van der Waals surface area contributed by atoms with E-state index in [4.69, 9.17) is 9.26 Å². The van der Waals surface area contributed by atoms with Gasteiger partial charge in [0.15, 0.2) is 17.2 Å². The molecule has 0 spiro atoms. The summed E-state index contributed by atoms with van der Waals surface area (Å²) in [6, 6.07) is 3.36. The number of aryl methyl sites for hydroxylation is 1. The summed E-state index contributed by atoms with van der Waals surface area (Å²) in [6.07, 6.45) is 5.21. The summed E-state index contributed by atoms with van der Waals surface area (Å²) < 4.78 is 10.1. The van der Waals surface area contributed by atoms with E-state index in [0.29, 0.717) is 23.3 Å². The highest BCUT2D eigenvalue weighted by molar-refractivity contribution is 5.73.